The summed E-state index contributed by atoms with van der Waals surface area (Å²) in [5, 5.41) is 5.53. The number of carbonyl (C=O) groups is 1. The molecule has 33 heavy (non-hydrogen) atoms. The Bertz CT molecular complexity index is 1130. The number of hydrogen-bond donors (Lipinski definition) is 2. The highest BCUT2D eigenvalue weighted by atomic mass is 32.1. The van der Waals surface area contributed by atoms with Gasteiger partial charge in [0, 0.05) is 49.7 Å². The van der Waals surface area contributed by atoms with E-state index in [4.69, 9.17) is 12.2 Å². The lowest BCUT2D eigenvalue weighted by atomic mass is 10.1. The van der Waals surface area contributed by atoms with Crippen LogP contribution in [0, 0.1) is 11.6 Å². The van der Waals surface area contributed by atoms with Crippen molar-refractivity contribution in [2.24, 2.45) is 0 Å². The molecule has 0 saturated carbocycles. The number of benzene rings is 3. The minimum absolute atomic E-state index is 0.0638. The van der Waals surface area contributed by atoms with E-state index in [-0.39, 0.29) is 16.5 Å². The molecule has 3 aromatic carbocycles. The lowest BCUT2D eigenvalue weighted by Crippen LogP contribution is -2.46. The maximum Gasteiger partial charge on any atom is 0.260 e. The molecule has 1 aliphatic heterocycles. The van der Waals surface area contributed by atoms with Gasteiger partial charge in [0.15, 0.2) is 5.11 Å². The number of amides is 1. The quantitative estimate of drug-likeness (QED) is 0.546. The largest absolute Gasteiger partial charge is 0.369 e. The number of nitrogens with zero attached hydrogens (tertiary/aromatic N) is 2. The van der Waals surface area contributed by atoms with Crippen molar-refractivity contribution in [2.45, 2.75) is 6.54 Å². The number of nitrogens with one attached hydrogen (secondary N) is 2. The van der Waals surface area contributed by atoms with Crippen molar-refractivity contribution in [3.8, 4) is 0 Å². The van der Waals surface area contributed by atoms with E-state index in [1.807, 2.05) is 36.4 Å². The second kappa shape index (κ2) is 10.5. The van der Waals surface area contributed by atoms with E-state index in [0.29, 0.717) is 6.54 Å². The van der Waals surface area contributed by atoms with Crippen LogP contribution in [0.1, 0.15) is 15.9 Å². The fourth-order valence-corrected chi connectivity index (χ4v) is 3.98. The van der Waals surface area contributed by atoms with Crippen LogP contribution < -0.4 is 15.5 Å². The third-order valence-corrected chi connectivity index (χ3v) is 5.76. The molecule has 3 aromatic rings. The van der Waals surface area contributed by atoms with Crippen molar-refractivity contribution in [3.63, 3.8) is 0 Å². The molecular formula is C25H24F2N4OS. The van der Waals surface area contributed by atoms with Crippen molar-refractivity contribution in [1.82, 2.24) is 10.2 Å². The third kappa shape index (κ3) is 5.91. The van der Waals surface area contributed by atoms with Gasteiger partial charge in [-0.2, -0.15) is 0 Å². The van der Waals surface area contributed by atoms with Gasteiger partial charge < -0.3 is 10.2 Å². The predicted octanol–water partition coefficient (Wildman–Crippen LogP) is 4.41. The Morgan fingerprint density at radius 3 is 2.15 bits per heavy atom. The predicted molar refractivity (Wildman–Crippen MR) is 130 cm³/mol. The molecule has 0 unspecified atom stereocenters. The van der Waals surface area contributed by atoms with E-state index in [2.05, 4.69) is 20.4 Å². The highest BCUT2D eigenvalue weighted by molar-refractivity contribution is 7.80. The van der Waals surface area contributed by atoms with Gasteiger partial charge in [-0.05, 0) is 54.7 Å². The van der Waals surface area contributed by atoms with Gasteiger partial charge in [0.2, 0.25) is 0 Å². The number of halogens is 2. The number of anilines is 2. The second-order valence-corrected chi connectivity index (χ2v) is 8.20. The van der Waals surface area contributed by atoms with Crippen LogP contribution in [0.2, 0.25) is 0 Å². The summed E-state index contributed by atoms with van der Waals surface area (Å²) in [4.78, 5) is 16.7. The van der Waals surface area contributed by atoms with Crippen molar-refractivity contribution in [3.05, 3.63) is 95.6 Å². The fraction of sp³-hybridized carbons (Fsp3) is 0.200. The normalized spacial score (nSPS) is 14.1. The maximum atomic E-state index is 13.9. The van der Waals surface area contributed by atoms with Crippen LogP contribution in [0.5, 0.6) is 0 Å². The van der Waals surface area contributed by atoms with Crippen LogP contribution >= 0.6 is 12.2 Å². The average molecular weight is 467 g/mol. The molecule has 0 aliphatic carbocycles. The number of carbonyl (C=O) groups excluding carboxylic acids is 1. The molecule has 0 spiro atoms. The Hall–Kier alpha value is -3.36. The Morgan fingerprint density at radius 2 is 1.48 bits per heavy atom. The van der Waals surface area contributed by atoms with Gasteiger partial charge in [-0.15, -0.1) is 0 Å². The standard InChI is InChI=1S/C25H24F2N4OS/c26-22-7-3-1-5-18(22)17-30-13-15-31(16-14-30)20-11-9-19(10-12-20)28-25(33)29-24(32)21-6-2-4-8-23(21)27/h1-12H,13-17H2,(H2,28,29,32,33). The van der Waals surface area contributed by atoms with Gasteiger partial charge in [0.05, 0.1) is 5.56 Å². The van der Waals surface area contributed by atoms with Crippen molar-refractivity contribution >= 4 is 34.6 Å². The molecule has 1 heterocycles. The highest BCUT2D eigenvalue weighted by Crippen LogP contribution is 2.21. The molecule has 1 aliphatic rings. The van der Waals surface area contributed by atoms with Crippen LogP contribution in [-0.4, -0.2) is 42.1 Å². The summed E-state index contributed by atoms with van der Waals surface area (Å²) in [6, 6.07) is 20.4. The summed E-state index contributed by atoms with van der Waals surface area (Å²) in [6.07, 6.45) is 0. The zero-order valence-corrected chi connectivity index (χ0v) is 18.7. The molecule has 0 radical (unpaired) electrons. The first-order chi connectivity index (χ1) is 16.0. The number of rotatable bonds is 5. The third-order valence-electron chi connectivity index (χ3n) is 5.56. The molecule has 8 heteroatoms. The van der Waals surface area contributed by atoms with E-state index >= 15 is 0 Å². The molecule has 5 nitrogen and oxygen atoms in total. The number of piperazine rings is 1. The molecule has 0 bridgehead atoms. The van der Waals surface area contributed by atoms with Gasteiger partial charge in [-0.1, -0.05) is 30.3 Å². The zero-order chi connectivity index (χ0) is 23.2. The summed E-state index contributed by atoms with van der Waals surface area (Å²) < 4.78 is 27.6. The number of hydrogen-bond acceptors (Lipinski definition) is 4. The summed E-state index contributed by atoms with van der Waals surface area (Å²) in [7, 11) is 0. The second-order valence-electron chi connectivity index (χ2n) is 7.79. The van der Waals surface area contributed by atoms with Gasteiger partial charge in [0.25, 0.3) is 5.91 Å². The summed E-state index contributed by atoms with van der Waals surface area (Å²) in [5.74, 6) is -1.36. The molecule has 4 rings (SSSR count). The van der Waals surface area contributed by atoms with Gasteiger partial charge in [-0.25, -0.2) is 8.78 Å². The Labute approximate surface area is 197 Å². The Balaban J connectivity index is 1.27. The molecule has 1 fully saturated rings. The minimum atomic E-state index is -0.601. The van der Waals surface area contributed by atoms with Crippen LogP contribution in [0.3, 0.4) is 0 Å². The molecule has 1 amide bonds. The first-order valence-corrected chi connectivity index (χ1v) is 11.1. The first kappa shape index (κ1) is 22.8. The lowest BCUT2D eigenvalue weighted by molar-refractivity contribution is 0.0974. The van der Waals surface area contributed by atoms with E-state index in [1.165, 1.54) is 24.3 Å². The number of thiocarbonyl (C=S) groups is 1. The zero-order valence-electron chi connectivity index (χ0n) is 17.9. The maximum absolute atomic E-state index is 13.9. The molecule has 2 N–H and O–H groups in total. The molecular weight excluding hydrogens is 442 g/mol. The average Bonchev–Trinajstić information content (AvgIpc) is 2.82. The molecule has 0 aromatic heterocycles. The van der Waals surface area contributed by atoms with Crippen LogP contribution in [0.25, 0.3) is 0 Å². The van der Waals surface area contributed by atoms with Crippen molar-refractivity contribution in [2.75, 3.05) is 36.4 Å². The van der Waals surface area contributed by atoms with E-state index in [0.717, 1.165) is 43.1 Å². The molecule has 0 atom stereocenters. The lowest BCUT2D eigenvalue weighted by Gasteiger charge is -2.36. The van der Waals surface area contributed by atoms with Gasteiger partial charge >= 0.3 is 0 Å². The van der Waals surface area contributed by atoms with Gasteiger partial charge in [0.1, 0.15) is 11.6 Å². The smallest absolute Gasteiger partial charge is 0.260 e. The van der Waals surface area contributed by atoms with Crippen LogP contribution in [-0.2, 0) is 6.54 Å². The summed E-state index contributed by atoms with van der Waals surface area (Å²) in [5.41, 5.74) is 2.45. The minimum Gasteiger partial charge on any atom is -0.369 e. The molecule has 1 saturated heterocycles. The SMILES string of the molecule is O=C(NC(=S)Nc1ccc(N2CCN(Cc3ccccc3F)CC2)cc1)c1ccccc1F. The summed E-state index contributed by atoms with van der Waals surface area (Å²) in [6.45, 7) is 4.00. The van der Waals surface area contributed by atoms with Crippen LogP contribution in [0.4, 0.5) is 20.2 Å². The van der Waals surface area contributed by atoms with Gasteiger partial charge in [-0.3, -0.25) is 15.0 Å². The Kier molecular flexibility index (Phi) is 7.26. The highest BCUT2D eigenvalue weighted by Gasteiger charge is 2.18. The first-order valence-electron chi connectivity index (χ1n) is 10.7. The summed E-state index contributed by atoms with van der Waals surface area (Å²) >= 11 is 5.18. The van der Waals surface area contributed by atoms with E-state index < -0.39 is 11.7 Å². The molecule has 170 valence electrons. The van der Waals surface area contributed by atoms with Crippen LogP contribution in [0.15, 0.2) is 72.8 Å². The Morgan fingerprint density at radius 1 is 0.848 bits per heavy atom. The van der Waals surface area contributed by atoms with Crippen molar-refractivity contribution in [1.29, 1.82) is 0 Å². The monoisotopic (exact) mass is 466 g/mol. The van der Waals surface area contributed by atoms with E-state index in [9.17, 15) is 13.6 Å². The fourth-order valence-electron chi connectivity index (χ4n) is 3.77. The van der Waals surface area contributed by atoms with E-state index in [1.54, 1.807) is 12.1 Å². The van der Waals surface area contributed by atoms with Crippen molar-refractivity contribution < 1.29 is 13.6 Å². The topological polar surface area (TPSA) is 47.6 Å².